The van der Waals surface area contributed by atoms with Crippen LogP contribution in [0.15, 0.2) is 6.07 Å². The Hall–Kier alpha value is -0.830. The minimum Gasteiger partial charge on any atom is -0.367 e. The molecular formula is C15H24ClN3. The van der Waals surface area contributed by atoms with E-state index < -0.39 is 0 Å². The molecule has 1 fully saturated rings. The molecule has 106 valence electrons. The first-order chi connectivity index (χ1) is 9.19. The van der Waals surface area contributed by atoms with Gasteiger partial charge in [-0.05, 0) is 25.2 Å². The van der Waals surface area contributed by atoms with Gasteiger partial charge in [0.05, 0.1) is 0 Å². The Balaban J connectivity index is 2.08. The van der Waals surface area contributed by atoms with Gasteiger partial charge in [0.25, 0.3) is 0 Å². The molecule has 2 unspecified atom stereocenters. The molecule has 0 radical (unpaired) electrons. The summed E-state index contributed by atoms with van der Waals surface area (Å²) in [6.45, 7) is 4.46. The van der Waals surface area contributed by atoms with Crippen molar-refractivity contribution in [3.05, 3.63) is 17.0 Å². The molecule has 4 heteroatoms. The first-order valence-electron chi connectivity index (χ1n) is 7.49. The average molecular weight is 282 g/mol. The molecule has 19 heavy (non-hydrogen) atoms. The van der Waals surface area contributed by atoms with E-state index in [0.29, 0.717) is 17.1 Å². The third-order valence-corrected chi connectivity index (χ3v) is 4.10. The standard InChI is InChI=1S/C15H24ClN3/c1-3-7-14-18-13(16)10-15(19-14)17-12-9-6-4-5-8-11(12)2/h10-12H,3-9H2,1-2H3,(H,17,18,19). The Morgan fingerprint density at radius 1 is 1.26 bits per heavy atom. The largest absolute Gasteiger partial charge is 0.367 e. The summed E-state index contributed by atoms with van der Waals surface area (Å²) in [5, 5.41) is 4.12. The van der Waals surface area contributed by atoms with Crippen molar-refractivity contribution in [3.8, 4) is 0 Å². The van der Waals surface area contributed by atoms with Crippen LogP contribution in [0.5, 0.6) is 0 Å². The van der Waals surface area contributed by atoms with Gasteiger partial charge in [-0.1, -0.05) is 44.7 Å². The molecule has 1 N–H and O–H groups in total. The van der Waals surface area contributed by atoms with Gasteiger partial charge in [0.15, 0.2) is 0 Å². The minimum atomic E-state index is 0.517. The predicted molar refractivity (Wildman–Crippen MR) is 80.7 cm³/mol. The second kappa shape index (κ2) is 7.09. The summed E-state index contributed by atoms with van der Waals surface area (Å²) < 4.78 is 0. The predicted octanol–water partition coefficient (Wildman–Crippen LogP) is 4.46. The number of halogens is 1. The Bertz CT molecular complexity index is 408. The molecule has 0 spiro atoms. The lowest BCUT2D eigenvalue weighted by Crippen LogP contribution is -2.27. The van der Waals surface area contributed by atoms with E-state index in [1.807, 2.05) is 6.07 Å². The van der Waals surface area contributed by atoms with Gasteiger partial charge in [0.1, 0.15) is 16.8 Å². The van der Waals surface area contributed by atoms with Crippen molar-refractivity contribution in [3.63, 3.8) is 0 Å². The van der Waals surface area contributed by atoms with Crippen molar-refractivity contribution < 1.29 is 0 Å². The monoisotopic (exact) mass is 281 g/mol. The van der Waals surface area contributed by atoms with Gasteiger partial charge >= 0.3 is 0 Å². The maximum absolute atomic E-state index is 6.08. The highest BCUT2D eigenvalue weighted by atomic mass is 35.5. The quantitative estimate of drug-likeness (QED) is 0.654. The first-order valence-corrected chi connectivity index (χ1v) is 7.87. The lowest BCUT2D eigenvalue weighted by Gasteiger charge is -2.23. The van der Waals surface area contributed by atoms with Gasteiger partial charge in [-0.3, -0.25) is 0 Å². The summed E-state index contributed by atoms with van der Waals surface area (Å²) >= 11 is 6.08. The smallest absolute Gasteiger partial charge is 0.134 e. The molecule has 0 aromatic carbocycles. The van der Waals surface area contributed by atoms with Gasteiger partial charge in [0.2, 0.25) is 0 Å². The minimum absolute atomic E-state index is 0.517. The van der Waals surface area contributed by atoms with E-state index in [1.54, 1.807) is 0 Å². The molecule has 2 atom stereocenters. The molecule has 0 saturated heterocycles. The number of nitrogens with zero attached hydrogens (tertiary/aromatic N) is 2. The SMILES string of the molecule is CCCc1nc(Cl)cc(NC2CCCCCC2C)n1. The van der Waals surface area contributed by atoms with Crippen LogP contribution in [-0.2, 0) is 6.42 Å². The van der Waals surface area contributed by atoms with Crippen molar-refractivity contribution in [1.82, 2.24) is 9.97 Å². The van der Waals surface area contributed by atoms with Crippen LogP contribution in [0.25, 0.3) is 0 Å². The average Bonchev–Trinajstić information content (AvgIpc) is 2.55. The van der Waals surface area contributed by atoms with Crippen molar-refractivity contribution in [2.24, 2.45) is 5.92 Å². The highest BCUT2D eigenvalue weighted by Gasteiger charge is 2.20. The van der Waals surface area contributed by atoms with Gasteiger partial charge in [-0.25, -0.2) is 9.97 Å². The number of anilines is 1. The van der Waals surface area contributed by atoms with Gasteiger partial charge in [0, 0.05) is 18.5 Å². The zero-order valence-electron chi connectivity index (χ0n) is 12.0. The maximum atomic E-state index is 6.08. The fraction of sp³-hybridized carbons (Fsp3) is 0.733. The van der Waals surface area contributed by atoms with E-state index in [-0.39, 0.29) is 0 Å². The Kier molecular flexibility index (Phi) is 5.44. The van der Waals surface area contributed by atoms with E-state index in [2.05, 4.69) is 29.1 Å². The Labute approximate surface area is 121 Å². The molecule has 1 aromatic rings. The molecule has 0 aliphatic heterocycles. The van der Waals surface area contributed by atoms with Crippen LogP contribution in [0.3, 0.4) is 0 Å². The molecule has 2 rings (SSSR count). The lowest BCUT2D eigenvalue weighted by molar-refractivity contribution is 0.455. The number of hydrogen-bond acceptors (Lipinski definition) is 3. The highest BCUT2D eigenvalue weighted by molar-refractivity contribution is 6.29. The summed E-state index contributed by atoms with van der Waals surface area (Å²) in [5.74, 6) is 2.44. The molecular weight excluding hydrogens is 258 g/mol. The second-order valence-corrected chi connectivity index (χ2v) is 6.00. The van der Waals surface area contributed by atoms with Crippen LogP contribution in [0, 0.1) is 5.92 Å². The fourth-order valence-electron chi connectivity index (χ4n) is 2.77. The van der Waals surface area contributed by atoms with Gasteiger partial charge < -0.3 is 5.32 Å². The maximum Gasteiger partial charge on any atom is 0.134 e. The number of hydrogen-bond donors (Lipinski definition) is 1. The molecule has 1 saturated carbocycles. The van der Waals surface area contributed by atoms with Crippen LogP contribution in [-0.4, -0.2) is 16.0 Å². The Morgan fingerprint density at radius 2 is 2.05 bits per heavy atom. The van der Waals surface area contributed by atoms with Crippen molar-refractivity contribution in [2.75, 3.05) is 5.32 Å². The number of aryl methyl sites for hydroxylation is 1. The highest BCUT2D eigenvalue weighted by Crippen LogP contribution is 2.26. The molecule has 1 heterocycles. The van der Waals surface area contributed by atoms with Crippen molar-refractivity contribution in [1.29, 1.82) is 0 Å². The third kappa shape index (κ3) is 4.34. The van der Waals surface area contributed by atoms with E-state index in [4.69, 9.17) is 11.6 Å². The van der Waals surface area contributed by atoms with Crippen LogP contribution in [0.4, 0.5) is 5.82 Å². The summed E-state index contributed by atoms with van der Waals surface area (Å²) in [4.78, 5) is 8.84. The Morgan fingerprint density at radius 3 is 2.84 bits per heavy atom. The first kappa shape index (κ1) is 14.6. The van der Waals surface area contributed by atoms with E-state index >= 15 is 0 Å². The van der Waals surface area contributed by atoms with Crippen LogP contribution in [0.1, 0.15) is 58.2 Å². The van der Waals surface area contributed by atoms with Gasteiger partial charge in [-0.2, -0.15) is 0 Å². The molecule has 0 bridgehead atoms. The van der Waals surface area contributed by atoms with Crippen LogP contribution < -0.4 is 5.32 Å². The molecule has 3 nitrogen and oxygen atoms in total. The van der Waals surface area contributed by atoms with Crippen LogP contribution >= 0.6 is 11.6 Å². The van der Waals surface area contributed by atoms with Crippen molar-refractivity contribution >= 4 is 17.4 Å². The number of aromatic nitrogens is 2. The molecule has 1 aromatic heterocycles. The summed E-state index contributed by atoms with van der Waals surface area (Å²) in [7, 11) is 0. The number of rotatable bonds is 4. The topological polar surface area (TPSA) is 37.8 Å². The molecule has 0 amide bonds. The van der Waals surface area contributed by atoms with E-state index in [0.717, 1.165) is 24.5 Å². The van der Waals surface area contributed by atoms with E-state index in [1.165, 1.54) is 32.1 Å². The second-order valence-electron chi connectivity index (χ2n) is 5.61. The van der Waals surface area contributed by atoms with Gasteiger partial charge in [-0.15, -0.1) is 0 Å². The van der Waals surface area contributed by atoms with Crippen LogP contribution in [0.2, 0.25) is 5.15 Å². The zero-order valence-corrected chi connectivity index (χ0v) is 12.7. The number of nitrogens with one attached hydrogen (secondary N) is 1. The molecule has 1 aliphatic carbocycles. The van der Waals surface area contributed by atoms with Crippen molar-refractivity contribution in [2.45, 2.75) is 64.8 Å². The summed E-state index contributed by atoms with van der Waals surface area (Å²) in [5.41, 5.74) is 0. The fourth-order valence-corrected chi connectivity index (χ4v) is 2.97. The summed E-state index contributed by atoms with van der Waals surface area (Å²) in [6, 6.07) is 2.36. The normalized spacial score (nSPS) is 23.9. The van der Waals surface area contributed by atoms with E-state index in [9.17, 15) is 0 Å². The lowest BCUT2D eigenvalue weighted by atomic mass is 9.97. The zero-order chi connectivity index (χ0) is 13.7. The molecule has 1 aliphatic rings. The third-order valence-electron chi connectivity index (χ3n) is 3.91. The summed E-state index contributed by atoms with van der Waals surface area (Å²) in [6.07, 6.45) is 8.47.